The summed E-state index contributed by atoms with van der Waals surface area (Å²) in [5.74, 6) is 0.333. The first-order valence-electron chi connectivity index (χ1n) is 25.1. The molecule has 0 aliphatic carbocycles. The minimum Gasteiger partial charge on any atom is -0.494 e. The molecule has 0 aromatic heterocycles. The maximum absolute atomic E-state index is 13.7. The Labute approximate surface area is 429 Å². The number of carbonyl (C=O) groups excluding carboxylic acids is 3. The van der Waals surface area contributed by atoms with Crippen LogP contribution in [0.1, 0.15) is 99.4 Å². The van der Waals surface area contributed by atoms with Crippen molar-refractivity contribution in [3.8, 4) is 39.5 Å². The number of ether oxygens (including phenoxy) is 6. The number of carboxylic acid groups (broad SMARTS) is 1. The summed E-state index contributed by atoms with van der Waals surface area (Å²) in [5, 5.41) is 18.3. The van der Waals surface area contributed by atoms with Crippen LogP contribution in [0.15, 0.2) is 145 Å². The van der Waals surface area contributed by atoms with Gasteiger partial charge in [0.25, 0.3) is 0 Å². The summed E-state index contributed by atoms with van der Waals surface area (Å²) < 4.78 is 33.0. The van der Waals surface area contributed by atoms with E-state index in [2.05, 4.69) is 29.5 Å². The average Bonchev–Trinajstić information content (AvgIpc) is 3.40. The zero-order valence-electron chi connectivity index (χ0n) is 42.3. The van der Waals surface area contributed by atoms with Crippen molar-refractivity contribution >= 4 is 41.1 Å². The lowest BCUT2D eigenvalue weighted by atomic mass is 9.87. The molecule has 73 heavy (non-hydrogen) atoms. The maximum atomic E-state index is 13.7. The highest BCUT2D eigenvalue weighted by atomic mass is 16.7. The number of benzene rings is 5. The molecule has 386 valence electrons. The third kappa shape index (κ3) is 20.5. The van der Waals surface area contributed by atoms with E-state index in [1.54, 1.807) is 6.07 Å². The van der Waals surface area contributed by atoms with Crippen LogP contribution in [0.2, 0.25) is 0 Å². The molecule has 0 amide bonds. The van der Waals surface area contributed by atoms with Crippen LogP contribution in [0.3, 0.4) is 0 Å². The second-order valence-electron chi connectivity index (χ2n) is 17.5. The van der Waals surface area contributed by atoms with Gasteiger partial charge in [-0.15, -0.1) is 0 Å². The van der Waals surface area contributed by atoms with Gasteiger partial charge in [-0.05, 0) is 177 Å². The van der Waals surface area contributed by atoms with Gasteiger partial charge < -0.3 is 38.4 Å². The van der Waals surface area contributed by atoms with Crippen LogP contribution in [-0.4, -0.2) is 76.3 Å². The van der Waals surface area contributed by atoms with Crippen LogP contribution in [0.25, 0.3) is 22.3 Å². The fraction of sp³-hybridized carbons (Fsp3) is 0.356. The third-order valence-corrected chi connectivity index (χ3v) is 11.7. The van der Waals surface area contributed by atoms with Crippen molar-refractivity contribution in [2.75, 3.05) is 52.0 Å². The van der Waals surface area contributed by atoms with Gasteiger partial charge in [-0.25, -0.2) is 19.2 Å². The molecule has 0 fully saturated rings. The predicted molar refractivity (Wildman–Crippen MR) is 285 cm³/mol. The molecule has 5 aromatic carbocycles. The molecule has 14 nitrogen and oxygen atoms in total. The van der Waals surface area contributed by atoms with E-state index in [9.17, 15) is 24.3 Å². The quantitative estimate of drug-likeness (QED) is 0.0105. The smallest absolute Gasteiger partial charge is 0.494 e. The lowest BCUT2D eigenvalue weighted by Gasteiger charge is -2.18. The highest BCUT2D eigenvalue weighted by molar-refractivity contribution is 6.03. The molecule has 1 N–H and O–H groups in total. The SMILES string of the molecule is C=CC(=O)OCCCCCCOc1ccc(-c2cc(CCCCCCCOc3ccc(N=Nc4ccc(N(C)C)cc4)cc3)c(-c3ccc(OCCCCCCOC(=O)C=C)cc3)c(C(=O)OC(=O)O)c2)cc1. The van der Waals surface area contributed by atoms with Gasteiger partial charge in [0.15, 0.2) is 0 Å². The van der Waals surface area contributed by atoms with Crippen molar-refractivity contribution in [1.29, 1.82) is 0 Å². The number of azo groups is 1. The van der Waals surface area contributed by atoms with Crippen molar-refractivity contribution in [3.63, 3.8) is 0 Å². The molecular weight excluding hydrogens is 927 g/mol. The number of rotatable bonds is 33. The number of anilines is 1. The Bertz CT molecular complexity index is 2540. The summed E-state index contributed by atoms with van der Waals surface area (Å²) in [7, 11) is 3.99. The highest BCUT2D eigenvalue weighted by Crippen LogP contribution is 2.36. The van der Waals surface area contributed by atoms with Crippen molar-refractivity contribution in [2.24, 2.45) is 10.2 Å². The summed E-state index contributed by atoms with van der Waals surface area (Å²) >= 11 is 0. The van der Waals surface area contributed by atoms with E-state index in [1.807, 2.05) is 116 Å². The van der Waals surface area contributed by atoms with Gasteiger partial charge in [-0.3, -0.25) is 0 Å². The van der Waals surface area contributed by atoms with E-state index in [0.29, 0.717) is 56.5 Å². The molecular formula is C59H69N3O11. The second-order valence-corrected chi connectivity index (χ2v) is 17.5. The molecule has 0 atom stereocenters. The van der Waals surface area contributed by atoms with E-state index in [4.69, 9.17) is 28.4 Å². The molecule has 0 aliphatic rings. The summed E-state index contributed by atoms with van der Waals surface area (Å²) in [5.41, 5.74) is 6.54. The molecule has 0 aliphatic heterocycles. The Morgan fingerprint density at radius 2 is 0.918 bits per heavy atom. The first-order chi connectivity index (χ1) is 35.5. The Kier molecular flexibility index (Phi) is 24.3. The number of carbonyl (C=O) groups is 4. The molecule has 5 aromatic rings. The Morgan fingerprint density at radius 3 is 1.37 bits per heavy atom. The van der Waals surface area contributed by atoms with Gasteiger partial charge in [-0.1, -0.05) is 62.8 Å². The standard InChI is InChI=1S/C59H69N3O11/c1-5-55(63)71-40-18-12-10-16-38-68-51-31-21-44(22-32-51)47-42-46(20-14-8-7-9-15-37-70-53-35-27-49(28-36-53)61-60-48-25-29-50(30-26-48)62(3)4)57(54(43-47)58(65)73-59(66)67)45-23-33-52(34-24-45)69-39-17-11-13-19-41-72-56(64)6-2/h5-6,21-36,42-43H,1-2,7-20,37-41H2,3-4H3,(H,66,67). The Balaban J connectivity index is 1.21. The fourth-order valence-corrected chi connectivity index (χ4v) is 7.80. The van der Waals surface area contributed by atoms with E-state index in [0.717, 1.165) is 141 Å². The zero-order chi connectivity index (χ0) is 52.0. The van der Waals surface area contributed by atoms with Crippen molar-refractivity contribution in [2.45, 2.75) is 89.9 Å². The minimum atomic E-state index is -1.69. The number of nitrogens with zero attached hydrogens (tertiary/aromatic N) is 3. The predicted octanol–water partition coefficient (Wildman–Crippen LogP) is 14.2. The number of esters is 3. The summed E-state index contributed by atoms with van der Waals surface area (Å²) in [6.45, 7) is 9.15. The Hall–Kier alpha value is -7.74. The lowest BCUT2D eigenvalue weighted by Crippen LogP contribution is -2.13. The van der Waals surface area contributed by atoms with Crippen molar-refractivity contribution < 1.29 is 52.7 Å². The van der Waals surface area contributed by atoms with Crippen LogP contribution in [0.4, 0.5) is 21.9 Å². The van der Waals surface area contributed by atoms with Gasteiger partial charge >= 0.3 is 24.1 Å². The summed E-state index contributed by atoms with van der Waals surface area (Å²) in [4.78, 5) is 50.0. The molecule has 5 rings (SSSR count). The lowest BCUT2D eigenvalue weighted by molar-refractivity contribution is -0.138. The van der Waals surface area contributed by atoms with E-state index < -0.39 is 24.1 Å². The second kappa shape index (κ2) is 31.6. The molecule has 0 heterocycles. The number of aryl methyl sites for hydroxylation is 1. The molecule has 14 heteroatoms. The average molecular weight is 996 g/mol. The number of hydrogen-bond donors (Lipinski definition) is 1. The minimum absolute atomic E-state index is 0.144. The van der Waals surface area contributed by atoms with Gasteiger partial charge in [0.1, 0.15) is 17.2 Å². The third-order valence-electron chi connectivity index (χ3n) is 11.7. The monoisotopic (exact) mass is 995 g/mol. The topological polar surface area (TPSA) is 172 Å². The highest BCUT2D eigenvalue weighted by Gasteiger charge is 2.22. The molecule has 0 radical (unpaired) electrons. The summed E-state index contributed by atoms with van der Waals surface area (Å²) in [6, 6.07) is 34.3. The van der Waals surface area contributed by atoms with Crippen LogP contribution in [-0.2, 0) is 30.2 Å². The molecule has 0 spiro atoms. The fourth-order valence-electron chi connectivity index (χ4n) is 7.80. The summed E-state index contributed by atoms with van der Waals surface area (Å²) in [6.07, 6.45) is 12.7. The van der Waals surface area contributed by atoms with Gasteiger partial charge in [0.05, 0.1) is 50.0 Å². The van der Waals surface area contributed by atoms with E-state index in [1.165, 1.54) is 0 Å². The molecule has 0 unspecified atom stereocenters. The van der Waals surface area contributed by atoms with Gasteiger partial charge in [0, 0.05) is 31.9 Å². The maximum Gasteiger partial charge on any atom is 0.513 e. The van der Waals surface area contributed by atoms with E-state index >= 15 is 0 Å². The Morgan fingerprint density at radius 1 is 0.507 bits per heavy atom. The molecule has 0 saturated heterocycles. The van der Waals surface area contributed by atoms with Crippen molar-refractivity contribution in [3.05, 3.63) is 146 Å². The zero-order valence-corrected chi connectivity index (χ0v) is 42.3. The van der Waals surface area contributed by atoms with Crippen LogP contribution >= 0.6 is 0 Å². The van der Waals surface area contributed by atoms with Crippen LogP contribution in [0, 0.1) is 0 Å². The normalized spacial score (nSPS) is 10.9. The largest absolute Gasteiger partial charge is 0.513 e. The van der Waals surface area contributed by atoms with Crippen molar-refractivity contribution in [1.82, 2.24) is 0 Å². The van der Waals surface area contributed by atoms with Crippen LogP contribution < -0.4 is 19.1 Å². The first-order valence-corrected chi connectivity index (χ1v) is 25.1. The number of unbranched alkanes of at least 4 members (excludes halogenated alkanes) is 10. The van der Waals surface area contributed by atoms with Gasteiger partial charge in [-0.2, -0.15) is 10.2 Å². The molecule has 0 bridgehead atoms. The first kappa shape index (κ1) is 56.2. The molecule has 0 saturated carbocycles. The van der Waals surface area contributed by atoms with Gasteiger partial charge in [0.2, 0.25) is 0 Å². The number of hydrogen-bond acceptors (Lipinski definition) is 13. The van der Waals surface area contributed by atoms with E-state index in [-0.39, 0.29) is 5.56 Å². The van der Waals surface area contributed by atoms with Crippen LogP contribution in [0.5, 0.6) is 17.2 Å².